The zero-order chi connectivity index (χ0) is 18.2. The van der Waals surface area contributed by atoms with Gasteiger partial charge in [0.2, 0.25) is 0 Å². The Kier molecular flexibility index (Phi) is 3.78. The fourth-order valence-corrected chi connectivity index (χ4v) is 4.05. The van der Waals surface area contributed by atoms with Crippen molar-refractivity contribution in [2.24, 2.45) is 5.92 Å². The second-order valence-electron chi connectivity index (χ2n) is 6.86. The Morgan fingerprint density at radius 1 is 0.963 bits per heavy atom. The van der Waals surface area contributed by atoms with Crippen LogP contribution < -0.4 is 9.75 Å². The fourth-order valence-electron chi connectivity index (χ4n) is 4.05. The van der Waals surface area contributed by atoms with E-state index < -0.39 is 0 Å². The number of para-hydroxylation sites is 2. The Morgan fingerprint density at radius 3 is 2.52 bits per heavy atom. The van der Waals surface area contributed by atoms with Crippen LogP contribution in [0, 0.1) is 5.92 Å². The summed E-state index contributed by atoms with van der Waals surface area (Å²) in [7, 11) is 0. The summed E-state index contributed by atoms with van der Waals surface area (Å²) in [4.78, 5) is 17.3. The molecule has 2 aromatic carbocycles. The van der Waals surface area contributed by atoms with Gasteiger partial charge in [-0.2, -0.15) is 0 Å². The van der Waals surface area contributed by atoms with Crippen LogP contribution >= 0.6 is 0 Å². The molecule has 2 aliphatic heterocycles. The van der Waals surface area contributed by atoms with Crippen molar-refractivity contribution in [2.45, 2.75) is 6.04 Å². The molecule has 5 heteroatoms. The Labute approximate surface area is 157 Å². The third-order valence-electron chi connectivity index (χ3n) is 5.25. The predicted octanol–water partition coefficient (Wildman–Crippen LogP) is 3.71. The predicted molar refractivity (Wildman–Crippen MR) is 102 cm³/mol. The van der Waals surface area contributed by atoms with E-state index in [1.807, 2.05) is 53.5 Å². The van der Waals surface area contributed by atoms with E-state index in [4.69, 9.17) is 4.74 Å². The number of ether oxygens (including phenoxy) is 1. The molecule has 3 aromatic rings. The van der Waals surface area contributed by atoms with Crippen molar-refractivity contribution >= 4 is 11.6 Å². The lowest BCUT2D eigenvalue weighted by Gasteiger charge is -2.37. The highest BCUT2D eigenvalue weighted by Crippen LogP contribution is 2.46. The summed E-state index contributed by atoms with van der Waals surface area (Å²) < 4.78 is 5.98. The maximum atomic E-state index is 13.3. The van der Waals surface area contributed by atoms with E-state index in [1.54, 1.807) is 24.5 Å². The molecular formula is C22H19N3O2. The summed E-state index contributed by atoms with van der Waals surface area (Å²) in [5.74, 6) is 1.09. The first kappa shape index (κ1) is 15.9. The molecule has 134 valence electrons. The average Bonchev–Trinajstić information content (AvgIpc) is 3.14. The Bertz CT molecular complexity index is 962. The molecule has 2 atom stereocenters. The van der Waals surface area contributed by atoms with E-state index in [9.17, 15) is 4.79 Å². The van der Waals surface area contributed by atoms with Crippen LogP contribution in [-0.2, 0) is 0 Å². The maximum absolute atomic E-state index is 13.3. The zero-order valence-corrected chi connectivity index (χ0v) is 14.7. The largest absolute Gasteiger partial charge is 0.493 e. The number of nitrogens with zero attached hydrogens (tertiary/aromatic N) is 3. The first-order chi connectivity index (χ1) is 13.3. The number of fused-ring (bicyclic) bond motifs is 3. The molecule has 1 amide bonds. The fraction of sp³-hybridized carbons (Fsp3) is 0.182. The number of pyridine rings is 1. The van der Waals surface area contributed by atoms with Crippen LogP contribution in [0.5, 0.6) is 5.75 Å². The topological polar surface area (TPSA) is 45.7 Å². The molecule has 1 fully saturated rings. The summed E-state index contributed by atoms with van der Waals surface area (Å²) in [6.45, 7) is 1.22. The van der Waals surface area contributed by atoms with Gasteiger partial charge < -0.3 is 4.74 Å². The zero-order valence-electron chi connectivity index (χ0n) is 14.7. The number of anilines is 1. The van der Waals surface area contributed by atoms with Gasteiger partial charge in [0.1, 0.15) is 5.75 Å². The molecule has 0 bridgehead atoms. The second-order valence-corrected chi connectivity index (χ2v) is 6.86. The van der Waals surface area contributed by atoms with Crippen LogP contribution in [0.1, 0.15) is 22.0 Å². The van der Waals surface area contributed by atoms with E-state index in [0.717, 1.165) is 17.0 Å². The number of hydrazine groups is 1. The molecule has 27 heavy (non-hydrogen) atoms. The van der Waals surface area contributed by atoms with Gasteiger partial charge >= 0.3 is 0 Å². The average molecular weight is 357 g/mol. The quantitative estimate of drug-likeness (QED) is 0.701. The summed E-state index contributed by atoms with van der Waals surface area (Å²) in [6.07, 6.45) is 3.31. The minimum atomic E-state index is -0.0202. The number of rotatable bonds is 2. The van der Waals surface area contributed by atoms with Crippen LogP contribution in [0.25, 0.3) is 0 Å². The molecule has 5 rings (SSSR count). The van der Waals surface area contributed by atoms with Crippen molar-refractivity contribution in [1.82, 2.24) is 9.99 Å². The van der Waals surface area contributed by atoms with Gasteiger partial charge in [-0.3, -0.25) is 14.8 Å². The van der Waals surface area contributed by atoms with Crippen LogP contribution in [-0.4, -0.2) is 29.1 Å². The number of hydrogen-bond acceptors (Lipinski definition) is 4. The molecule has 0 unspecified atom stereocenters. The first-order valence-corrected chi connectivity index (χ1v) is 9.11. The summed E-state index contributed by atoms with van der Waals surface area (Å²) >= 11 is 0. The van der Waals surface area contributed by atoms with E-state index in [1.165, 1.54) is 0 Å². The number of carbonyl (C=O) groups is 1. The van der Waals surface area contributed by atoms with Crippen LogP contribution in [0.2, 0.25) is 0 Å². The molecule has 3 heterocycles. The normalized spacial score (nSPS) is 20.6. The van der Waals surface area contributed by atoms with Crippen molar-refractivity contribution in [3.05, 3.63) is 90.3 Å². The minimum absolute atomic E-state index is 0.0202. The monoisotopic (exact) mass is 357 g/mol. The molecule has 0 saturated carbocycles. The molecule has 0 N–H and O–H groups in total. The lowest BCUT2D eigenvalue weighted by atomic mass is 9.91. The molecule has 0 spiro atoms. The van der Waals surface area contributed by atoms with Gasteiger partial charge in [-0.25, -0.2) is 5.01 Å². The highest BCUT2D eigenvalue weighted by Gasteiger charge is 2.46. The van der Waals surface area contributed by atoms with Crippen LogP contribution in [0.15, 0.2) is 79.1 Å². The Morgan fingerprint density at radius 2 is 1.70 bits per heavy atom. The van der Waals surface area contributed by atoms with Gasteiger partial charge in [0.15, 0.2) is 0 Å². The highest BCUT2D eigenvalue weighted by atomic mass is 16.5. The van der Waals surface area contributed by atoms with Crippen LogP contribution in [0.4, 0.5) is 5.69 Å². The van der Waals surface area contributed by atoms with Gasteiger partial charge in [-0.05, 0) is 30.3 Å². The summed E-state index contributed by atoms with van der Waals surface area (Å²) in [5, 5.41) is 3.99. The molecule has 5 nitrogen and oxygen atoms in total. The molecule has 1 saturated heterocycles. The molecular weight excluding hydrogens is 338 g/mol. The van der Waals surface area contributed by atoms with Crippen molar-refractivity contribution in [3.8, 4) is 5.75 Å². The second kappa shape index (κ2) is 6.43. The first-order valence-electron chi connectivity index (χ1n) is 9.11. The maximum Gasteiger partial charge on any atom is 0.272 e. The van der Waals surface area contributed by atoms with Gasteiger partial charge in [-0.1, -0.05) is 36.4 Å². The third kappa shape index (κ3) is 2.63. The molecule has 0 aliphatic carbocycles. The van der Waals surface area contributed by atoms with Gasteiger partial charge in [0.25, 0.3) is 5.91 Å². The lowest BCUT2D eigenvalue weighted by Crippen LogP contribution is -2.42. The smallest absolute Gasteiger partial charge is 0.272 e. The number of amides is 1. The van der Waals surface area contributed by atoms with E-state index >= 15 is 0 Å². The summed E-state index contributed by atoms with van der Waals surface area (Å²) in [5.41, 5.74) is 2.77. The molecule has 2 aliphatic rings. The molecule has 0 radical (unpaired) electrons. The van der Waals surface area contributed by atoms with E-state index in [-0.39, 0.29) is 17.9 Å². The molecule has 1 aromatic heterocycles. The third-order valence-corrected chi connectivity index (χ3v) is 5.25. The Hall–Kier alpha value is -3.34. The van der Waals surface area contributed by atoms with Crippen molar-refractivity contribution in [2.75, 3.05) is 18.2 Å². The standard InChI is InChI=1S/C22H19N3O2/c26-22(16-10-12-23-13-11-16)24-14-17-15-27-20-9-5-4-8-19(20)21(17)25(24)18-6-2-1-3-7-18/h1-13,17,21H,14-15H2/t17-,21-/m1/s1. The van der Waals surface area contributed by atoms with Gasteiger partial charge in [0.05, 0.1) is 24.9 Å². The van der Waals surface area contributed by atoms with Gasteiger partial charge in [0, 0.05) is 29.4 Å². The van der Waals surface area contributed by atoms with E-state index in [0.29, 0.717) is 18.7 Å². The number of hydrogen-bond donors (Lipinski definition) is 0. The SMILES string of the molecule is O=C(c1ccncc1)N1C[C@@H]2COc3ccccc3[C@@H]2N1c1ccccc1. The minimum Gasteiger partial charge on any atom is -0.493 e. The summed E-state index contributed by atoms with van der Waals surface area (Å²) in [6, 6.07) is 21.8. The number of carbonyl (C=O) groups excluding carboxylic acids is 1. The highest BCUT2D eigenvalue weighted by molar-refractivity contribution is 5.95. The van der Waals surface area contributed by atoms with Crippen LogP contribution in [0.3, 0.4) is 0 Å². The van der Waals surface area contributed by atoms with Crippen molar-refractivity contribution in [1.29, 1.82) is 0 Å². The lowest BCUT2D eigenvalue weighted by molar-refractivity contribution is 0.0765. The van der Waals surface area contributed by atoms with Crippen molar-refractivity contribution < 1.29 is 9.53 Å². The van der Waals surface area contributed by atoms with Crippen molar-refractivity contribution in [3.63, 3.8) is 0 Å². The van der Waals surface area contributed by atoms with E-state index in [2.05, 4.69) is 16.1 Å². The number of benzene rings is 2. The van der Waals surface area contributed by atoms with Gasteiger partial charge in [-0.15, -0.1) is 0 Å². The number of aromatic nitrogens is 1. The Balaban J connectivity index is 1.61.